The number of aliphatic imine (C=N–C) groups is 1. The molecule has 0 spiro atoms. The number of carbonyl (C=O) groups is 1. The van der Waals surface area contributed by atoms with Crippen molar-refractivity contribution in [2.45, 2.75) is 0 Å². The van der Waals surface area contributed by atoms with Crippen LogP contribution >= 0.6 is 27.7 Å². The molecule has 0 unspecified atom stereocenters. The van der Waals surface area contributed by atoms with Crippen molar-refractivity contribution in [1.29, 1.82) is 0 Å². The van der Waals surface area contributed by atoms with E-state index in [1.54, 1.807) is 13.2 Å². The first-order chi connectivity index (χ1) is 12.5. The third-order valence-electron chi connectivity index (χ3n) is 3.43. The Labute approximate surface area is 161 Å². The van der Waals surface area contributed by atoms with E-state index >= 15 is 0 Å². The second-order valence-electron chi connectivity index (χ2n) is 5.15. The van der Waals surface area contributed by atoms with Crippen molar-refractivity contribution < 1.29 is 14.5 Å². The molecule has 1 fully saturated rings. The Morgan fingerprint density at radius 1 is 1.27 bits per heavy atom. The summed E-state index contributed by atoms with van der Waals surface area (Å²) in [5.74, 6) is 0.489. The number of halogens is 1. The minimum absolute atomic E-state index is 0.0379. The molecule has 9 heteroatoms. The molecule has 2 aromatic carbocycles. The molecule has 0 aromatic heterocycles. The number of amides is 1. The number of nitrogens with one attached hydrogen (secondary N) is 1. The summed E-state index contributed by atoms with van der Waals surface area (Å²) >= 11 is 4.46. The maximum absolute atomic E-state index is 12.1. The predicted octanol–water partition coefficient (Wildman–Crippen LogP) is 4.26. The van der Waals surface area contributed by atoms with Crippen molar-refractivity contribution in [3.05, 3.63) is 67.5 Å². The van der Waals surface area contributed by atoms with Gasteiger partial charge in [0.1, 0.15) is 5.75 Å². The van der Waals surface area contributed by atoms with Gasteiger partial charge in [-0.25, -0.2) is 4.99 Å². The summed E-state index contributed by atoms with van der Waals surface area (Å²) < 4.78 is 5.58. The second-order valence-corrected chi connectivity index (χ2v) is 7.03. The first-order valence-corrected chi connectivity index (χ1v) is 8.95. The van der Waals surface area contributed by atoms with Gasteiger partial charge in [0, 0.05) is 12.1 Å². The second kappa shape index (κ2) is 7.71. The van der Waals surface area contributed by atoms with Crippen LogP contribution in [0, 0.1) is 10.1 Å². The molecule has 1 aliphatic rings. The third-order valence-corrected chi connectivity index (χ3v) is 4.97. The largest absolute Gasteiger partial charge is 0.497 e. The molecule has 1 N–H and O–H groups in total. The summed E-state index contributed by atoms with van der Waals surface area (Å²) in [5.41, 5.74) is 1.31. The van der Waals surface area contributed by atoms with E-state index in [4.69, 9.17) is 4.74 Å². The highest BCUT2D eigenvalue weighted by Crippen LogP contribution is 2.33. The maximum atomic E-state index is 12.1. The molecule has 1 heterocycles. The number of non-ortho nitro benzene ring substituents is 1. The Kier molecular flexibility index (Phi) is 5.38. The Bertz CT molecular complexity index is 942. The van der Waals surface area contributed by atoms with E-state index < -0.39 is 4.92 Å². The zero-order chi connectivity index (χ0) is 18.7. The molecule has 0 aliphatic carbocycles. The van der Waals surface area contributed by atoms with Crippen molar-refractivity contribution in [2.24, 2.45) is 4.99 Å². The minimum Gasteiger partial charge on any atom is -0.497 e. The Morgan fingerprint density at radius 2 is 2.00 bits per heavy atom. The normalized spacial score (nSPS) is 16.8. The van der Waals surface area contributed by atoms with Gasteiger partial charge in [0.25, 0.3) is 11.6 Å². The summed E-state index contributed by atoms with van der Waals surface area (Å²) in [5, 5.41) is 13.9. The average Bonchev–Trinajstić information content (AvgIpc) is 2.96. The number of rotatable bonds is 4. The molecule has 2 aromatic rings. The van der Waals surface area contributed by atoms with Gasteiger partial charge in [-0.15, -0.1) is 0 Å². The van der Waals surface area contributed by atoms with Crippen LogP contribution in [-0.2, 0) is 4.79 Å². The van der Waals surface area contributed by atoms with E-state index in [1.807, 2.05) is 24.3 Å². The first kappa shape index (κ1) is 18.2. The summed E-state index contributed by atoms with van der Waals surface area (Å²) in [4.78, 5) is 27.3. The monoisotopic (exact) mass is 433 g/mol. The van der Waals surface area contributed by atoms with Crippen molar-refractivity contribution in [3.8, 4) is 5.75 Å². The average molecular weight is 434 g/mol. The number of ether oxygens (including phenoxy) is 1. The highest BCUT2D eigenvalue weighted by atomic mass is 79.9. The molecule has 0 saturated carbocycles. The van der Waals surface area contributed by atoms with Crippen LogP contribution in [0.1, 0.15) is 5.56 Å². The van der Waals surface area contributed by atoms with Gasteiger partial charge < -0.3 is 10.1 Å². The molecule has 1 amide bonds. The van der Waals surface area contributed by atoms with E-state index in [9.17, 15) is 14.9 Å². The number of carbonyl (C=O) groups excluding carboxylic acids is 1. The van der Waals surface area contributed by atoms with Crippen LogP contribution in [0.3, 0.4) is 0 Å². The predicted molar refractivity (Wildman–Crippen MR) is 105 cm³/mol. The van der Waals surface area contributed by atoms with Crippen molar-refractivity contribution in [3.63, 3.8) is 0 Å². The van der Waals surface area contributed by atoms with Gasteiger partial charge in [-0.2, -0.15) is 0 Å². The molecular weight excluding hydrogens is 422 g/mol. The quantitative estimate of drug-likeness (QED) is 0.441. The topological polar surface area (TPSA) is 93.8 Å². The highest BCUT2D eigenvalue weighted by molar-refractivity contribution is 9.10. The Morgan fingerprint density at radius 3 is 2.62 bits per heavy atom. The number of hydrogen-bond donors (Lipinski definition) is 1. The Hall–Kier alpha value is -2.65. The van der Waals surface area contributed by atoms with Gasteiger partial charge >= 0.3 is 0 Å². The third kappa shape index (κ3) is 4.12. The molecule has 0 radical (unpaired) electrons. The van der Waals surface area contributed by atoms with E-state index in [-0.39, 0.29) is 11.6 Å². The number of nitro benzene ring substituents is 1. The zero-order valence-electron chi connectivity index (χ0n) is 13.4. The summed E-state index contributed by atoms with van der Waals surface area (Å²) in [6.07, 6.45) is 1.76. The minimum atomic E-state index is -0.483. The number of hydrogen-bond acceptors (Lipinski definition) is 6. The van der Waals surface area contributed by atoms with Gasteiger partial charge in [0.15, 0.2) is 5.17 Å². The smallest absolute Gasteiger partial charge is 0.270 e. The molecule has 0 atom stereocenters. The van der Waals surface area contributed by atoms with Crippen LogP contribution < -0.4 is 10.1 Å². The van der Waals surface area contributed by atoms with Crippen LogP contribution in [0.5, 0.6) is 5.75 Å². The molecular formula is C17H12BrN3O4S. The van der Waals surface area contributed by atoms with E-state index in [0.717, 1.165) is 11.3 Å². The van der Waals surface area contributed by atoms with E-state index in [1.165, 1.54) is 30.0 Å². The lowest BCUT2D eigenvalue weighted by Gasteiger charge is -2.00. The number of benzene rings is 2. The molecule has 3 rings (SSSR count). The van der Waals surface area contributed by atoms with Crippen LogP contribution in [0.4, 0.5) is 11.4 Å². The number of nitro groups is 1. The number of nitrogens with zero attached hydrogens (tertiary/aromatic N) is 2. The molecule has 132 valence electrons. The fraction of sp³-hybridized carbons (Fsp3) is 0.0588. The Balaban J connectivity index is 1.81. The fourth-order valence-corrected chi connectivity index (χ4v) is 3.43. The maximum Gasteiger partial charge on any atom is 0.270 e. The number of thioether (sulfide) groups is 1. The lowest BCUT2D eigenvalue weighted by atomic mass is 10.2. The standard InChI is InChI=1S/C17H12BrN3O4S/c1-25-12-5-2-10(3-6-12)8-15-16(22)20-17(26-15)19-14-7-4-11(21(23)24)9-13(14)18/h2-9H,1H3,(H,19,20,22)/b15-8+. The molecule has 26 heavy (non-hydrogen) atoms. The van der Waals surface area contributed by atoms with Crippen LogP contribution in [0.25, 0.3) is 6.08 Å². The SMILES string of the molecule is COc1ccc(/C=C2/SC(=Nc3ccc([N+](=O)[O-])cc3Br)NC2=O)cc1. The van der Waals surface area contributed by atoms with Gasteiger partial charge in [-0.1, -0.05) is 12.1 Å². The van der Waals surface area contributed by atoms with Crippen LogP contribution in [0.2, 0.25) is 0 Å². The van der Waals surface area contributed by atoms with Gasteiger partial charge in [-0.3, -0.25) is 14.9 Å². The van der Waals surface area contributed by atoms with E-state index in [2.05, 4.69) is 26.2 Å². The molecule has 0 bridgehead atoms. The molecule has 1 aliphatic heterocycles. The van der Waals surface area contributed by atoms with E-state index in [0.29, 0.717) is 20.2 Å². The van der Waals surface area contributed by atoms with Crippen molar-refractivity contribution in [2.75, 3.05) is 7.11 Å². The van der Waals surface area contributed by atoms with Crippen molar-refractivity contribution in [1.82, 2.24) is 5.32 Å². The van der Waals surface area contributed by atoms with Crippen LogP contribution in [0.15, 0.2) is 56.8 Å². The van der Waals surface area contributed by atoms with Crippen LogP contribution in [-0.4, -0.2) is 23.1 Å². The van der Waals surface area contributed by atoms with Gasteiger partial charge in [-0.05, 0) is 57.5 Å². The fourth-order valence-electron chi connectivity index (χ4n) is 2.14. The molecule has 1 saturated heterocycles. The number of methoxy groups -OCH3 is 1. The summed E-state index contributed by atoms with van der Waals surface area (Å²) in [6, 6.07) is 11.6. The van der Waals surface area contributed by atoms with Crippen molar-refractivity contribution >= 4 is 56.2 Å². The van der Waals surface area contributed by atoms with Gasteiger partial charge in [0.05, 0.1) is 27.1 Å². The summed E-state index contributed by atoms with van der Waals surface area (Å²) in [7, 11) is 1.59. The lowest BCUT2D eigenvalue weighted by Crippen LogP contribution is -2.19. The van der Waals surface area contributed by atoms with Gasteiger partial charge in [0.2, 0.25) is 0 Å². The summed E-state index contributed by atoms with van der Waals surface area (Å²) in [6.45, 7) is 0. The first-order valence-electron chi connectivity index (χ1n) is 7.34. The number of amidine groups is 1. The zero-order valence-corrected chi connectivity index (χ0v) is 15.8. The lowest BCUT2D eigenvalue weighted by molar-refractivity contribution is -0.384. The highest BCUT2D eigenvalue weighted by Gasteiger charge is 2.24. The molecule has 7 nitrogen and oxygen atoms in total.